The van der Waals surface area contributed by atoms with Gasteiger partial charge in [-0.1, -0.05) is 0 Å². The summed E-state index contributed by atoms with van der Waals surface area (Å²) in [6, 6.07) is 0. The molecule has 116 valence electrons. The average Bonchev–Trinajstić information content (AvgIpc) is 2.88. The molecule has 0 aliphatic carbocycles. The van der Waals surface area contributed by atoms with Crippen molar-refractivity contribution < 1.29 is 18.8 Å². The predicted octanol–water partition coefficient (Wildman–Crippen LogP) is 2.00. The van der Waals surface area contributed by atoms with Crippen molar-refractivity contribution in [1.29, 1.82) is 0 Å². The molecule has 1 atom stereocenters. The molecule has 0 bridgehead atoms. The summed E-state index contributed by atoms with van der Waals surface area (Å²) in [4.78, 5) is 11.7. The van der Waals surface area contributed by atoms with Crippen LogP contribution in [0.2, 0.25) is 0 Å². The van der Waals surface area contributed by atoms with Crippen molar-refractivity contribution in [1.82, 2.24) is 10.2 Å². The number of carbonyl (C=O) groups excluding carboxylic acids is 1. The molecule has 1 unspecified atom stereocenters. The molecular formula is C14H23BN2O4. The molecule has 1 aromatic rings. The maximum atomic E-state index is 11.7. The number of esters is 1. The molecule has 1 aliphatic rings. The summed E-state index contributed by atoms with van der Waals surface area (Å²) in [5.41, 5.74) is 0.936. The van der Waals surface area contributed by atoms with Gasteiger partial charge in [0.05, 0.1) is 30.9 Å². The fraction of sp³-hybridized carbons (Fsp3) is 0.714. The Bertz CT molecular complexity index is 511. The standard InChI is InChI=1S/C14H23BN2O4/c1-9-10(8-16-17-9)11(7-12(18)19-6)15-20-13(2,3)14(4,5)21-15/h8,11H,7H2,1-6H3,(H,16,17). The number of aryl methyl sites for hydroxylation is 1. The number of hydrogen-bond acceptors (Lipinski definition) is 5. The molecule has 1 aromatic heterocycles. The number of aromatic nitrogens is 2. The number of nitrogens with one attached hydrogen (secondary N) is 1. The number of methoxy groups -OCH3 is 1. The van der Waals surface area contributed by atoms with Gasteiger partial charge in [0.15, 0.2) is 0 Å². The van der Waals surface area contributed by atoms with Gasteiger partial charge in [-0.05, 0) is 40.2 Å². The van der Waals surface area contributed by atoms with Crippen molar-refractivity contribution >= 4 is 13.1 Å². The average molecular weight is 294 g/mol. The SMILES string of the molecule is COC(=O)CC(B1OC(C)(C)C(C)(C)O1)c1cn[nH]c1C. The molecule has 7 heteroatoms. The quantitative estimate of drug-likeness (QED) is 0.679. The van der Waals surface area contributed by atoms with E-state index >= 15 is 0 Å². The van der Waals surface area contributed by atoms with Crippen molar-refractivity contribution in [3.8, 4) is 0 Å². The van der Waals surface area contributed by atoms with E-state index in [1.165, 1.54) is 7.11 Å². The van der Waals surface area contributed by atoms with E-state index in [9.17, 15) is 4.79 Å². The van der Waals surface area contributed by atoms with E-state index in [0.29, 0.717) is 0 Å². The third kappa shape index (κ3) is 2.99. The van der Waals surface area contributed by atoms with Crippen LogP contribution in [0, 0.1) is 6.92 Å². The molecule has 0 radical (unpaired) electrons. The summed E-state index contributed by atoms with van der Waals surface area (Å²) in [7, 11) is 0.872. The van der Waals surface area contributed by atoms with Gasteiger partial charge in [-0.15, -0.1) is 0 Å². The second-order valence-corrected chi connectivity index (χ2v) is 6.46. The predicted molar refractivity (Wildman–Crippen MR) is 78.8 cm³/mol. The Morgan fingerprint density at radius 3 is 2.38 bits per heavy atom. The molecule has 1 fully saturated rings. The number of hydrogen-bond donors (Lipinski definition) is 1. The highest BCUT2D eigenvalue weighted by molar-refractivity contribution is 6.48. The van der Waals surface area contributed by atoms with Crippen LogP contribution in [0.5, 0.6) is 0 Å². The second kappa shape index (κ2) is 5.46. The Hall–Kier alpha value is -1.34. The van der Waals surface area contributed by atoms with Crippen LogP contribution in [-0.4, -0.2) is 41.6 Å². The van der Waals surface area contributed by atoms with E-state index in [4.69, 9.17) is 14.0 Å². The van der Waals surface area contributed by atoms with Gasteiger partial charge in [-0.3, -0.25) is 9.89 Å². The second-order valence-electron chi connectivity index (χ2n) is 6.46. The van der Waals surface area contributed by atoms with Crippen LogP contribution >= 0.6 is 0 Å². The van der Waals surface area contributed by atoms with E-state index in [1.807, 2.05) is 34.6 Å². The normalized spacial score (nSPS) is 21.3. The lowest BCUT2D eigenvalue weighted by Crippen LogP contribution is -2.41. The van der Waals surface area contributed by atoms with E-state index in [0.717, 1.165) is 11.3 Å². The lowest BCUT2D eigenvalue weighted by Gasteiger charge is -2.32. The minimum absolute atomic E-state index is 0.188. The Labute approximate surface area is 125 Å². The van der Waals surface area contributed by atoms with Gasteiger partial charge in [0.1, 0.15) is 0 Å². The number of aromatic amines is 1. The topological polar surface area (TPSA) is 73.4 Å². The van der Waals surface area contributed by atoms with Crippen molar-refractivity contribution in [3.05, 3.63) is 17.5 Å². The van der Waals surface area contributed by atoms with Crippen molar-refractivity contribution in [2.24, 2.45) is 0 Å². The first-order valence-corrected chi connectivity index (χ1v) is 7.10. The lowest BCUT2D eigenvalue weighted by atomic mass is 9.66. The van der Waals surface area contributed by atoms with Gasteiger partial charge in [-0.2, -0.15) is 5.10 Å². The molecule has 2 rings (SSSR count). The summed E-state index contributed by atoms with van der Waals surface area (Å²) in [6.07, 6.45) is 1.90. The smallest absolute Gasteiger partial charge is 0.466 e. The first kappa shape index (κ1) is 16.0. The summed E-state index contributed by atoms with van der Waals surface area (Å²) in [5, 5.41) is 6.92. The van der Waals surface area contributed by atoms with E-state index < -0.39 is 18.3 Å². The Morgan fingerprint density at radius 1 is 1.38 bits per heavy atom. The van der Waals surface area contributed by atoms with Gasteiger partial charge < -0.3 is 14.0 Å². The van der Waals surface area contributed by atoms with Gasteiger partial charge in [-0.25, -0.2) is 0 Å². The summed E-state index contributed by atoms with van der Waals surface area (Å²) in [5.74, 6) is -0.549. The van der Waals surface area contributed by atoms with Gasteiger partial charge in [0, 0.05) is 11.5 Å². The third-order valence-corrected chi connectivity index (χ3v) is 4.48. The van der Waals surface area contributed by atoms with Crippen LogP contribution < -0.4 is 0 Å². The summed E-state index contributed by atoms with van der Waals surface area (Å²) >= 11 is 0. The fourth-order valence-electron chi connectivity index (χ4n) is 2.40. The minimum atomic E-state index is -0.509. The van der Waals surface area contributed by atoms with Gasteiger partial charge >= 0.3 is 13.1 Å². The van der Waals surface area contributed by atoms with E-state index in [2.05, 4.69) is 10.2 Å². The Balaban J connectivity index is 2.29. The van der Waals surface area contributed by atoms with Crippen LogP contribution in [0.3, 0.4) is 0 Å². The lowest BCUT2D eigenvalue weighted by molar-refractivity contribution is -0.140. The van der Waals surface area contributed by atoms with Crippen LogP contribution in [0.25, 0.3) is 0 Å². The van der Waals surface area contributed by atoms with E-state index in [-0.39, 0.29) is 18.2 Å². The molecule has 0 spiro atoms. The molecule has 6 nitrogen and oxygen atoms in total. The zero-order valence-corrected chi connectivity index (χ0v) is 13.5. The molecule has 2 heterocycles. The maximum Gasteiger partial charge on any atom is 0.466 e. The fourth-order valence-corrected chi connectivity index (χ4v) is 2.40. The molecule has 1 aliphatic heterocycles. The third-order valence-electron chi connectivity index (χ3n) is 4.48. The first-order chi connectivity index (χ1) is 9.68. The number of rotatable bonds is 4. The monoisotopic (exact) mass is 294 g/mol. The number of carbonyl (C=O) groups is 1. The van der Waals surface area contributed by atoms with Crippen LogP contribution in [0.1, 0.15) is 51.2 Å². The summed E-state index contributed by atoms with van der Waals surface area (Å²) < 4.78 is 17.0. The number of ether oxygens (including phenoxy) is 1. The maximum absolute atomic E-state index is 11.7. The molecule has 1 N–H and O–H groups in total. The molecule has 0 amide bonds. The number of H-pyrrole nitrogens is 1. The molecular weight excluding hydrogens is 271 g/mol. The largest absolute Gasteiger partial charge is 0.469 e. The zero-order chi connectivity index (χ0) is 15.8. The van der Waals surface area contributed by atoms with Crippen LogP contribution in [0.4, 0.5) is 0 Å². The zero-order valence-electron chi connectivity index (χ0n) is 13.5. The van der Waals surface area contributed by atoms with Crippen molar-refractivity contribution in [3.63, 3.8) is 0 Å². The Morgan fingerprint density at radius 2 is 1.95 bits per heavy atom. The van der Waals surface area contributed by atoms with Crippen molar-refractivity contribution in [2.75, 3.05) is 7.11 Å². The highest BCUT2D eigenvalue weighted by Crippen LogP contribution is 2.42. The Kier molecular flexibility index (Phi) is 4.17. The summed E-state index contributed by atoms with van der Waals surface area (Å²) in [6.45, 7) is 9.88. The van der Waals surface area contributed by atoms with Crippen LogP contribution in [-0.2, 0) is 18.8 Å². The van der Waals surface area contributed by atoms with Gasteiger partial charge in [0.25, 0.3) is 0 Å². The molecule has 0 saturated carbocycles. The highest BCUT2D eigenvalue weighted by Gasteiger charge is 2.54. The minimum Gasteiger partial charge on any atom is -0.469 e. The first-order valence-electron chi connectivity index (χ1n) is 7.10. The van der Waals surface area contributed by atoms with Crippen LogP contribution in [0.15, 0.2) is 6.20 Å². The molecule has 1 saturated heterocycles. The number of nitrogens with zero attached hydrogens (tertiary/aromatic N) is 1. The van der Waals surface area contributed by atoms with Crippen molar-refractivity contribution in [2.45, 2.75) is 58.1 Å². The van der Waals surface area contributed by atoms with E-state index in [1.54, 1.807) is 6.20 Å². The molecule has 21 heavy (non-hydrogen) atoms. The van der Waals surface area contributed by atoms with Gasteiger partial charge in [0.2, 0.25) is 0 Å². The molecule has 0 aromatic carbocycles. The highest BCUT2D eigenvalue weighted by atomic mass is 16.7.